The molecule has 2 aliphatic rings. The van der Waals surface area contributed by atoms with Crippen LogP contribution in [0.2, 0.25) is 0 Å². The molecule has 7 nitrogen and oxygen atoms in total. The van der Waals surface area contributed by atoms with Crippen LogP contribution in [-0.2, 0) is 15.2 Å². The number of carbonyl (C=O) groups is 1. The third-order valence-electron chi connectivity index (χ3n) is 7.01. The van der Waals surface area contributed by atoms with Crippen LogP contribution in [-0.4, -0.2) is 33.6 Å². The lowest BCUT2D eigenvalue weighted by Crippen LogP contribution is -2.50. The van der Waals surface area contributed by atoms with Crippen LogP contribution in [0.4, 0.5) is 0 Å². The van der Waals surface area contributed by atoms with E-state index in [1.165, 1.54) is 24.1 Å². The minimum atomic E-state index is -1.03. The zero-order valence-electron chi connectivity index (χ0n) is 19.6. The van der Waals surface area contributed by atoms with E-state index >= 15 is 0 Å². The minimum Gasteiger partial charge on any atom is -0.375 e. The van der Waals surface area contributed by atoms with Gasteiger partial charge in [-0.3, -0.25) is 19.6 Å². The number of nitrogens with zero attached hydrogens (tertiary/aromatic N) is 3. The van der Waals surface area contributed by atoms with Crippen LogP contribution in [0.15, 0.2) is 48.9 Å². The molecule has 1 aliphatic carbocycles. The van der Waals surface area contributed by atoms with Crippen LogP contribution >= 0.6 is 11.3 Å². The third-order valence-corrected chi connectivity index (χ3v) is 8.30. The average Bonchev–Trinajstić information content (AvgIpc) is 3.53. The number of aromatic nitrogens is 3. The van der Waals surface area contributed by atoms with Crippen LogP contribution in [0, 0.1) is 6.92 Å². The van der Waals surface area contributed by atoms with Gasteiger partial charge in [0.2, 0.25) is 0 Å². The van der Waals surface area contributed by atoms with Crippen molar-refractivity contribution in [1.29, 1.82) is 0 Å². The monoisotopic (exact) mass is 478 g/mol. The molecule has 5 rings (SSSR count). The highest BCUT2D eigenvalue weighted by Crippen LogP contribution is 2.49. The van der Waals surface area contributed by atoms with E-state index in [9.17, 15) is 4.79 Å². The molecular formula is C26H30N4O3S. The maximum Gasteiger partial charge on any atom is 0.274 e. The maximum absolute atomic E-state index is 13.0. The van der Waals surface area contributed by atoms with Crippen LogP contribution < -0.4 is 5.48 Å². The molecule has 1 aromatic carbocycles. The molecule has 3 atom stereocenters. The summed E-state index contributed by atoms with van der Waals surface area (Å²) >= 11 is 1.67. The summed E-state index contributed by atoms with van der Waals surface area (Å²) in [5, 5.41) is 0.810. The lowest BCUT2D eigenvalue weighted by Gasteiger charge is -2.40. The first-order chi connectivity index (χ1) is 16.6. The van der Waals surface area contributed by atoms with Crippen LogP contribution in [0.25, 0.3) is 0 Å². The van der Waals surface area contributed by atoms with Gasteiger partial charge in [-0.25, -0.2) is 10.5 Å². The fourth-order valence-electron chi connectivity index (χ4n) is 4.69. The standard InChI is InChI=1S/C26H30N4O3S/c1-17-14-28-21(15-27-17)18(2)26(23-12-7-13-32-23,25-29-16-22(34-25)19-10-6-11-19)33-30-24(31)20-8-4-3-5-9-20/h3-5,8-9,14-16,18-19,23H,6-7,10-13H2,1-2H3,(H,30,31)/t18-,23+,26?/m1/s1. The highest BCUT2D eigenvalue weighted by molar-refractivity contribution is 7.11. The van der Waals surface area contributed by atoms with Crippen LogP contribution in [0.1, 0.15) is 82.5 Å². The third kappa shape index (κ3) is 4.37. The topological polar surface area (TPSA) is 86.2 Å². The molecule has 0 bridgehead atoms. The molecule has 1 saturated carbocycles. The highest BCUT2D eigenvalue weighted by atomic mass is 32.1. The molecule has 1 aliphatic heterocycles. The van der Waals surface area contributed by atoms with Gasteiger partial charge in [-0.1, -0.05) is 31.5 Å². The molecule has 1 unspecified atom stereocenters. The van der Waals surface area contributed by atoms with Crippen molar-refractivity contribution < 1.29 is 14.4 Å². The first-order valence-corrected chi connectivity index (χ1v) is 12.8. The average molecular weight is 479 g/mol. The van der Waals surface area contributed by atoms with Gasteiger partial charge >= 0.3 is 0 Å². The fourth-order valence-corrected chi connectivity index (χ4v) is 6.04. The number of ether oxygens (including phenoxy) is 1. The van der Waals surface area contributed by atoms with Crippen molar-refractivity contribution in [2.24, 2.45) is 0 Å². The summed E-state index contributed by atoms with van der Waals surface area (Å²) in [7, 11) is 0. The fraction of sp³-hybridized carbons (Fsp3) is 0.462. The molecule has 3 heterocycles. The summed E-state index contributed by atoms with van der Waals surface area (Å²) in [4.78, 5) is 34.7. The van der Waals surface area contributed by atoms with E-state index in [4.69, 9.17) is 14.6 Å². The van der Waals surface area contributed by atoms with E-state index in [-0.39, 0.29) is 17.9 Å². The Hall–Kier alpha value is -2.68. The van der Waals surface area contributed by atoms with E-state index in [1.54, 1.807) is 35.9 Å². The van der Waals surface area contributed by atoms with Gasteiger partial charge in [0.1, 0.15) is 5.01 Å². The SMILES string of the molecule is Cc1cnc([C@@H](C)C(ONC(=O)c2ccccc2)(c2ncc(C3CCC3)s2)[C@@H]2CCCO2)cn1. The van der Waals surface area contributed by atoms with E-state index < -0.39 is 5.60 Å². The second-order valence-corrected chi connectivity index (χ2v) is 10.3. The highest BCUT2D eigenvalue weighted by Gasteiger charge is 2.53. The van der Waals surface area contributed by atoms with Gasteiger partial charge in [0, 0.05) is 41.6 Å². The number of thiazole rings is 1. The molecule has 2 fully saturated rings. The van der Waals surface area contributed by atoms with Gasteiger partial charge in [-0.15, -0.1) is 11.3 Å². The van der Waals surface area contributed by atoms with Crippen molar-refractivity contribution in [2.45, 2.75) is 69.5 Å². The van der Waals surface area contributed by atoms with E-state index in [0.29, 0.717) is 18.1 Å². The van der Waals surface area contributed by atoms with Gasteiger partial charge in [0.15, 0.2) is 5.60 Å². The van der Waals surface area contributed by atoms with Gasteiger partial charge in [0.05, 0.1) is 17.5 Å². The molecule has 8 heteroatoms. The van der Waals surface area contributed by atoms with Crippen molar-refractivity contribution in [3.8, 4) is 0 Å². The van der Waals surface area contributed by atoms with Gasteiger partial charge in [-0.2, -0.15) is 0 Å². The lowest BCUT2D eigenvalue weighted by atomic mass is 9.81. The number of hydrogen-bond donors (Lipinski definition) is 1. The Balaban J connectivity index is 1.55. The number of hydrogen-bond acceptors (Lipinski definition) is 7. The van der Waals surface area contributed by atoms with Crippen molar-refractivity contribution in [3.63, 3.8) is 0 Å². The van der Waals surface area contributed by atoms with Crippen molar-refractivity contribution >= 4 is 17.2 Å². The molecule has 178 valence electrons. The Morgan fingerprint density at radius 1 is 1.12 bits per heavy atom. The summed E-state index contributed by atoms with van der Waals surface area (Å²) in [6.45, 7) is 4.62. The largest absolute Gasteiger partial charge is 0.375 e. The van der Waals surface area contributed by atoms with Crippen LogP contribution in [0.3, 0.4) is 0 Å². The zero-order chi connectivity index (χ0) is 23.5. The Morgan fingerprint density at radius 3 is 2.59 bits per heavy atom. The molecule has 34 heavy (non-hydrogen) atoms. The Bertz CT molecular complexity index is 1110. The van der Waals surface area contributed by atoms with E-state index in [2.05, 4.69) is 22.4 Å². The quantitative estimate of drug-likeness (QED) is 0.456. The molecule has 0 radical (unpaired) electrons. The molecular weight excluding hydrogens is 448 g/mol. The maximum atomic E-state index is 13.0. The Labute approximate surface area is 203 Å². The van der Waals surface area contributed by atoms with Gasteiger partial charge < -0.3 is 4.74 Å². The smallest absolute Gasteiger partial charge is 0.274 e. The van der Waals surface area contributed by atoms with Crippen LogP contribution in [0.5, 0.6) is 0 Å². The molecule has 1 amide bonds. The summed E-state index contributed by atoms with van der Waals surface area (Å²) in [5.74, 6) is -0.0112. The first-order valence-electron chi connectivity index (χ1n) is 12.0. The number of carbonyl (C=O) groups excluding carboxylic acids is 1. The van der Waals surface area contributed by atoms with Crippen molar-refractivity contribution in [3.05, 3.63) is 75.8 Å². The van der Waals surface area contributed by atoms with E-state index in [1.807, 2.05) is 31.3 Å². The van der Waals surface area contributed by atoms with E-state index in [0.717, 1.165) is 29.2 Å². The number of nitrogens with one attached hydrogen (secondary N) is 1. The predicted octanol–water partition coefficient (Wildman–Crippen LogP) is 5.05. The first kappa shape index (κ1) is 23.1. The zero-order valence-corrected chi connectivity index (χ0v) is 20.4. The molecule has 1 saturated heterocycles. The number of amides is 1. The summed E-state index contributed by atoms with van der Waals surface area (Å²) in [6, 6.07) is 9.07. The second-order valence-electron chi connectivity index (χ2n) is 9.19. The number of benzene rings is 1. The number of rotatable bonds is 8. The number of aryl methyl sites for hydroxylation is 1. The van der Waals surface area contributed by atoms with Gasteiger partial charge in [0.25, 0.3) is 5.91 Å². The number of hydroxylamine groups is 1. The summed E-state index contributed by atoms with van der Waals surface area (Å²) in [5.41, 5.74) is 3.86. The van der Waals surface area contributed by atoms with Crippen molar-refractivity contribution in [1.82, 2.24) is 20.4 Å². The second kappa shape index (κ2) is 9.90. The molecule has 1 N–H and O–H groups in total. The lowest BCUT2D eigenvalue weighted by molar-refractivity contribution is -0.177. The normalized spacial score (nSPS) is 20.9. The Morgan fingerprint density at radius 2 is 1.94 bits per heavy atom. The summed E-state index contributed by atoms with van der Waals surface area (Å²) < 4.78 is 6.23. The van der Waals surface area contributed by atoms with Crippen molar-refractivity contribution in [2.75, 3.05) is 6.61 Å². The Kier molecular flexibility index (Phi) is 6.72. The summed E-state index contributed by atoms with van der Waals surface area (Å²) in [6.07, 6.45) is 10.6. The predicted molar refractivity (Wildman–Crippen MR) is 130 cm³/mol. The minimum absolute atomic E-state index is 0.264. The molecule has 0 spiro atoms. The van der Waals surface area contributed by atoms with Gasteiger partial charge in [-0.05, 0) is 50.7 Å². The molecule has 2 aromatic heterocycles. The molecule has 3 aromatic rings.